The predicted molar refractivity (Wildman–Crippen MR) is 201 cm³/mol. The molecular weight excluding hydrogens is 743 g/mol. The van der Waals surface area contributed by atoms with Crippen molar-refractivity contribution in [1.82, 2.24) is 25.1 Å². The second-order valence-electron chi connectivity index (χ2n) is 16.0. The lowest BCUT2D eigenvalue weighted by molar-refractivity contribution is -0.145. The van der Waals surface area contributed by atoms with Gasteiger partial charge in [0.2, 0.25) is 11.8 Å². The molecule has 0 unspecified atom stereocenters. The first-order chi connectivity index (χ1) is 25.1. The first kappa shape index (κ1) is 41.4. The third-order valence-electron chi connectivity index (χ3n) is 10.6. The highest BCUT2D eigenvalue weighted by molar-refractivity contribution is 6.74. The molecule has 3 aromatic heterocycles. The van der Waals surface area contributed by atoms with Crippen molar-refractivity contribution in [3.05, 3.63) is 71.7 Å². The third kappa shape index (κ3) is 10.1. The number of carbonyl (C=O) groups excluding carboxylic acids is 1. The number of carboxylic acids is 1. The Hall–Kier alpha value is -3.76. The number of aliphatic carboxylic acids is 1. The fourth-order valence-corrected chi connectivity index (χ4v) is 7.91. The van der Waals surface area contributed by atoms with E-state index in [-0.39, 0.29) is 37.5 Å². The maximum atomic E-state index is 13.7. The molecule has 294 valence electrons. The summed E-state index contributed by atoms with van der Waals surface area (Å²) >= 11 is 6.06. The SMILES string of the molecule is CC(C)(c1ncc(-c2ccc(Cl)cc2)o1)N1CCN(C[C@H](C[C@@H](Cc2cc3ccncc3o2)C(=O)O)O[Si](C)(C)C(C)(C)C)[C@H](C(=O)NCC(F)(F)F)C1. The van der Waals surface area contributed by atoms with Crippen LogP contribution in [0, 0.1) is 5.92 Å². The normalized spacial score (nSPS) is 17.8. The van der Waals surface area contributed by atoms with Crippen LogP contribution in [0.4, 0.5) is 13.2 Å². The van der Waals surface area contributed by atoms with Crippen molar-refractivity contribution in [3.8, 4) is 11.3 Å². The molecule has 0 bridgehead atoms. The van der Waals surface area contributed by atoms with Crippen molar-refractivity contribution in [2.75, 3.05) is 32.7 Å². The molecule has 1 saturated heterocycles. The van der Waals surface area contributed by atoms with Crippen LogP contribution in [-0.2, 0) is 26.0 Å². The van der Waals surface area contributed by atoms with Gasteiger partial charge in [-0.1, -0.05) is 32.4 Å². The number of amides is 1. The number of piperazine rings is 1. The highest BCUT2D eigenvalue weighted by Crippen LogP contribution is 2.39. The number of carbonyl (C=O) groups is 2. The molecule has 11 nitrogen and oxygen atoms in total. The number of halogens is 4. The molecule has 3 atom stereocenters. The van der Waals surface area contributed by atoms with Crippen molar-refractivity contribution >= 4 is 42.8 Å². The number of carboxylic acid groups (broad SMARTS) is 1. The fourth-order valence-electron chi connectivity index (χ4n) is 6.43. The Bertz CT molecular complexity index is 1880. The molecule has 1 amide bonds. The number of fused-ring (bicyclic) bond motifs is 1. The minimum atomic E-state index is -4.61. The second-order valence-corrected chi connectivity index (χ2v) is 21.2. The van der Waals surface area contributed by atoms with E-state index in [1.54, 1.807) is 42.9 Å². The van der Waals surface area contributed by atoms with Crippen molar-refractivity contribution in [2.45, 2.75) is 89.5 Å². The number of alkyl halides is 3. The van der Waals surface area contributed by atoms with Gasteiger partial charge in [0.15, 0.2) is 19.7 Å². The first-order valence-corrected chi connectivity index (χ1v) is 21.2. The maximum Gasteiger partial charge on any atom is 0.405 e. The van der Waals surface area contributed by atoms with Gasteiger partial charge in [0.1, 0.15) is 18.3 Å². The predicted octanol–water partition coefficient (Wildman–Crippen LogP) is 7.76. The number of hydrogen-bond acceptors (Lipinski definition) is 9. The van der Waals surface area contributed by atoms with E-state index in [0.717, 1.165) is 10.9 Å². The van der Waals surface area contributed by atoms with E-state index >= 15 is 0 Å². The lowest BCUT2D eigenvalue weighted by Gasteiger charge is -2.47. The van der Waals surface area contributed by atoms with E-state index in [2.05, 4.69) is 49.1 Å². The molecule has 0 spiro atoms. The highest BCUT2D eigenvalue weighted by Gasteiger charge is 2.45. The Morgan fingerprint density at radius 1 is 1.07 bits per heavy atom. The minimum absolute atomic E-state index is 0.0531. The number of nitrogens with zero attached hydrogens (tertiary/aromatic N) is 4. The number of hydrogen-bond donors (Lipinski definition) is 2. The molecule has 1 aromatic carbocycles. The number of benzene rings is 1. The van der Waals surface area contributed by atoms with Gasteiger partial charge >= 0.3 is 12.1 Å². The molecule has 16 heteroatoms. The van der Waals surface area contributed by atoms with Crippen molar-refractivity contribution < 1.29 is 41.1 Å². The van der Waals surface area contributed by atoms with Gasteiger partial charge in [0, 0.05) is 54.8 Å². The van der Waals surface area contributed by atoms with Gasteiger partial charge in [0.25, 0.3) is 0 Å². The summed E-state index contributed by atoms with van der Waals surface area (Å²) in [5.41, 5.74) is 0.463. The Labute approximate surface area is 319 Å². The fraction of sp³-hybridized carbons (Fsp3) is 0.526. The zero-order valence-electron chi connectivity index (χ0n) is 31.7. The van der Waals surface area contributed by atoms with Crippen LogP contribution in [0.1, 0.15) is 52.7 Å². The van der Waals surface area contributed by atoms with Gasteiger partial charge in [0.05, 0.1) is 30.0 Å². The Morgan fingerprint density at radius 3 is 2.41 bits per heavy atom. The third-order valence-corrected chi connectivity index (χ3v) is 15.4. The maximum absolute atomic E-state index is 13.7. The lowest BCUT2D eigenvalue weighted by atomic mass is 9.95. The van der Waals surface area contributed by atoms with E-state index in [0.29, 0.717) is 34.6 Å². The molecular formula is C38H49ClF3N5O6Si. The highest BCUT2D eigenvalue weighted by atomic mass is 35.5. The number of pyridine rings is 1. The lowest BCUT2D eigenvalue weighted by Crippen LogP contribution is -2.64. The molecule has 0 aliphatic carbocycles. The zero-order valence-corrected chi connectivity index (χ0v) is 33.4. The molecule has 1 aliphatic rings. The van der Waals surface area contributed by atoms with Crippen LogP contribution in [0.5, 0.6) is 0 Å². The molecule has 1 fully saturated rings. The molecule has 0 saturated carbocycles. The number of aromatic nitrogens is 2. The number of oxazole rings is 1. The van der Waals surface area contributed by atoms with Gasteiger partial charge in [-0.15, -0.1) is 0 Å². The van der Waals surface area contributed by atoms with Crippen LogP contribution < -0.4 is 5.32 Å². The Balaban J connectivity index is 1.41. The van der Waals surface area contributed by atoms with Gasteiger partial charge in [-0.25, -0.2) is 4.98 Å². The van der Waals surface area contributed by atoms with E-state index in [4.69, 9.17) is 24.9 Å². The zero-order chi connectivity index (χ0) is 39.6. The molecule has 1 aliphatic heterocycles. The summed E-state index contributed by atoms with van der Waals surface area (Å²) in [4.78, 5) is 38.8. The summed E-state index contributed by atoms with van der Waals surface area (Å²) in [6.45, 7) is 13.5. The molecule has 0 radical (unpaired) electrons. The van der Waals surface area contributed by atoms with Crippen molar-refractivity contribution in [1.29, 1.82) is 0 Å². The summed E-state index contributed by atoms with van der Waals surface area (Å²) in [5, 5.41) is 13.7. The van der Waals surface area contributed by atoms with Gasteiger partial charge in [-0.05, 0) is 74.8 Å². The summed E-state index contributed by atoms with van der Waals surface area (Å²) in [5.74, 6) is -1.36. The van der Waals surface area contributed by atoms with Gasteiger partial charge < -0.3 is 23.7 Å². The Morgan fingerprint density at radius 2 is 1.78 bits per heavy atom. The van der Waals surface area contributed by atoms with Crippen LogP contribution >= 0.6 is 11.6 Å². The minimum Gasteiger partial charge on any atom is -0.481 e. The number of furan rings is 1. The largest absolute Gasteiger partial charge is 0.481 e. The molecule has 4 heterocycles. The van der Waals surface area contributed by atoms with E-state index in [1.165, 1.54) is 0 Å². The van der Waals surface area contributed by atoms with Crippen LogP contribution in [0.15, 0.2) is 63.8 Å². The molecule has 2 N–H and O–H groups in total. The number of rotatable bonds is 14. The van der Waals surface area contributed by atoms with Crippen molar-refractivity contribution in [3.63, 3.8) is 0 Å². The molecule has 5 rings (SSSR count). The number of nitrogens with one attached hydrogen (secondary N) is 1. The van der Waals surface area contributed by atoms with E-state index < -0.39 is 56.5 Å². The average molecular weight is 792 g/mol. The average Bonchev–Trinajstić information content (AvgIpc) is 3.74. The second kappa shape index (κ2) is 16.1. The van der Waals surface area contributed by atoms with Crippen LogP contribution in [0.2, 0.25) is 23.2 Å². The summed E-state index contributed by atoms with van der Waals surface area (Å²) < 4.78 is 59.0. The van der Waals surface area contributed by atoms with Crippen LogP contribution in [0.3, 0.4) is 0 Å². The van der Waals surface area contributed by atoms with Crippen LogP contribution in [-0.4, -0.2) is 96.1 Å². The van der Waals surface area contributed by atoms with Gasteiger partial charge in [-0.2, -0.15) is 13.2 Å². The molecule has 4 aromatic rings. The molecule has 54 heavy (non-hydrogen) atoms. The first-order valence-electron chi connectivity index (χ1n) is 17.9. The standard InChI is InChI=1S/C38H49ClF3N5O6Si/c1-36(2,3)54(6,7)53-29(18-26(34(49)50)17-28-16-25-12-13-43-19-31(25)51-28)21-46-14-15-47(22-30(46)33(48)45-23-38(40,41)42)37(4,5)35-44-20-32(52-35)24-8-10-27(39)11-9-24/h8-13,16,19-20,26,29-30H,14-15,17-18,21-23H2,1-7H3,(H,45,48)(H,49,50)/t26-,29+,30+/m1/s1. The van der Waals surface area contributed by atoms with Crippen LogP contribution in [0.25, 0.3) is 22.3 Å². The smallest absolute Gasteiger partial charge is 0.405 e. The van der Waals surface area contributed by atoms with Gasteiger partial charge in [-0.3, -0.25) is 24.4 Å². The quantitative estimate of drug-likeness (QED) is 0.122. The van der Waals surface area contributed by atoms with E-state index in [9.17, 15) is 27.9 Å². The topological polar surface area (TPSA) is 134 Å². The monoisotopic (exact) mass is 791 g/mol. The summed E-state index contributed by atoms with van der Waals surface area (Å²) in [6, 6.07) is 9.66. The summed E-state index contributed by atoms with van der Waals surface area (Å²) in [7, 11) is -2.52. The summed E-state index contributed by atoms with van der Waals surface area (Å²) in [6.07, 6.45) is -0.289. The van der Waals surface area contributed by atoms with E-state index in [1.807, 2.05) is 35.8 Å². The van der Waals surface area contributed by atoms with Crippen molar-refractivity contribution in [2.24, 2.45) is 5.92 Å². The Kier molecular flexibility index (Phi) is 12.4.